The van der Waals surface area contributed by atoms with Gasteiger partial charge in [0.05, 0.1) is 10.6 Å². The molecule has 0 N–H and O–H groups in total. The lowest BCUT2D eigenvalue weighted by Crippen LogP contribution is -2.17. The van der Waals surface area contributed by atoms with Gasteiger partial charge in [-0.05, 0) is 31.0 Å². The minimum Gasteiger partial charge on any atom is -0.320 e. The largest absolute Gasteiger partial charge is 0.320 e. The van der Waals surface area contributed by atoms with Gasteiger partial charge in [-0.25, -0.2) is 4.99 Å². The maximum absolute atomic E-state index is 11.9. The van der Waals surface area contributed by atoms with Crippen LogP contribution in [0.15, 0.2) is 65.7 Å². The third-order valence-electron chi connectivity index (χ3n) is 3.93. The molecule has 0 bridgehead atoms. The zero-order valence-corrected chi connectivity index (χ0v) is 14.7. The summed E-state index contributed by atoms with van der Waals surface area (Å²) in [7, 11) is 0. The molecule has 0 unspecified atom stereocenters. The number of para-hydroxylation sites is 1. The fraction of sp³-hybridized carbons (Fsp3) is 0.200. The van der Waals surface area contributed by atoms with Gasteiger partial charge in [-0.3, -0.25) is 4.79 Å². The molecule has 0 atom stereocenters. The number of rotatable bonds is 5. The predicted octanol–water partition coefficient (Wildman–Crippen LogP) is 4.54. The molecular weight excluding hydrogens is 316 g/mol. The highest BCUT2D eigenvalue weighted by Crippen LogP contribution is 2.16. The highest BCUT2D eigenvalue weighted by Gasteiger charge is 2.13. The summed E-state index contributed by atoms with van der Waals surface area (Å²) in [5, 5.41) is 0. The number of carbonyl (C=O) groups is 1. The van der Waals surface area contributed by atoms with E-state index in [1.807, 2.05) is 43.3 Å². The Hall–Kier alpha value is -2.46. The zero-order valence-electron chi connectivity index (χ0n) is 13.9. The van der Waals surface area contributed by atoms with Crippen LogP contribution in [0.3, 0.4) is 0 Å². The second kappa shape index (κ2) is 7.41. The van der Waals surface area contributed by atoms with E-state index in [9.17, 15) is 4.79 Å². The van der Waals surface area contributed by atoms with Crippen LogP contribution in [0, 0.1) is 6.92 Å². The maximum Gasteiger partial charge on any atom is 0.190 e. The van der Waals surface area contributed by atoms with E-state index in [0.29, 0.717) is 0 Å². The van der Waals surface area contributed by atoms with Crippen LogP contribution in [0.5, 0.6) is 0 Å². The molecule has 3 aromatic rings. The van der Waals surface area contributed by atoms with Crippen LogP contribution in [0.2, 0.25) is 0 Å². The molecule has 0 aliphatic carbocycles. The molecule has 0 saturated carbocycles. The molecule has 2 aromatic carbocycles. The van der Waals surface area contributed by atoms with Crippen molar-refractivity contribution < 1.29 is 4.79 Å². The van der Waals surface area contributed by atoms with Gasteiger partial charge in [-0.2, -0.15) is 0 Å². The summed E-state index contributed by atoms with van der Waals surface area (Å²) < 4.78 is 2.15. The summed E-state index contributed by atoms with van der Waals surface area (Å²) in [6.45, 7) is 4.43. The lowest BCUT2D eigenvalue weighted by Gasteiger charge is -2.07. The Balaban J connectivity index is 2.00. The smallest absolute Gasteiger partial charge is 0.190 e. The number of aryl methyl sites for hydroxylation is 1. The molecule has 0 radical (unpaired) electrons. The number of benzene rings is 2. The molecule has 0 spiro atoms. The number of aromatic nitrogens is 1. The Morgan fingerprint density at radius 1 is 1.04 bits per heavy atom. The van der Waals surface area contributed by atoms with Gasteiger partial charge in [0, 0.05) is 19.2 Å². The van der Waals surface area contributed by atoms with E-state index >= 15 is 0 Å². The summed E-state index contributed by atoms with van der Waals surface area (Å²) in [4.78, 5) is 18.3. The van der Waals surface area contributed by atoms with Gasteiger partial charge in [-0.1, -0.05) is 59.9 Å². The van der Waals surface area contributed by atoms with E-state index in [0.717, 1.165) is 34.0 Å². The van der Waals surface area contributed by atoms with Gasteiger partial charge in [0.1, 0.15) is 0 Å². The maximum atomic E-state index is 11.9. The standard InChI is InChI=1S/C20H20N2OS/c1-15-19(16(2)23)24-20(21-18-11-7-4-8-12-18)22(15)14-13-17-9-5-3-6-10-17/h3-12H,13-14H2,1-2H3. The molecule has 1 heterocycles. The Kier molecular flexibility index (Phi) is 5.06. The second-order valence-electron chi connectivity index (χ2n) is 5.69. The summed E-state index contributed by atoms with van der Waals surface area (Å²) in [5.41, 5.74) is 3.19. The summed E-state index contributed by atoms with van der Waals surface area (Å²) in [6.07, 6.45) is 0.914. The molecular formula is C20H20N2OS. The summed E-state index contributed by atoms with van der Waals surface area (Å²) >= 11 is 1.47. The second-order valence-corrected chi connectivity index (χ2v) is 6.67. The van der Waals surface area contributed by atoms with E-state index in [-0.39, 0.29) is 5.78 Å². The highest BCUT2D eigenvalue weighted by atomic mass is 32.1. The average molecular weight is 336 g/mol. The minimum absolute atomic E-state index is 0.0977. The van der Waals surface area contributed by atoms with Crippen molar-refractivity contribution >= 4 is 22.8 Å². The normalized spacial score (nSPS) is 11.7. The van der Waals surface area contributed by atoms with E-state index < -0.39 is 0 Å². The van der Waals surface area contributed by atoms with Crippen molar-refractivity contribution in [3.05, 3.63) is 81.6 Å². The SMILES string of the molecule is CC(=O)c1sc(=Nc2ccccc2)n(CCc2ccccc2)c1C. The molecule has 24 heavy (non-hydrogen) atoms. The average Bonchev–Trinajstić information content (AvgIpc) is 2.91. The third kappa shape index (κ3) is 3.71. The number of thiazole rings is 1. The van der Waals surface area contributed by atoms with Crippen molar-refractivity contribution in [1.29, 1.82) is 0 Å². The van der Waals surface area contributed by atoms with Gasteiger partial charge < -0.3 is 4.57 Å². The van der Waals surface area contributed by atoms with Crippen molar-refractivity contribution in [2.45, 2.75) is 26.8 Å². The molecule has 4 heteroatoms. The van der Waals surface area contributed by atoms with Crippen molar-refractivity contribution in [3.63, 3.8) is 0 Å². The van der Waals surface area contributed by atoms with Gasteiger partial charge in [0.15, 0.2) is 10.6 Å². The van der Waals surface area contributed by atoms with E-state index in [2.05, 4.69) is 28.8 Å². The molecule has 0 amide bonds. The van der Waals surface area contributed by atoms with Crippen LogP contribution >= 0.6 is 11.3 Å². The molecule has 1 aromatic heterocycles. The van der Waals surface area contributed by atoms with Crippen molar-refractivity contribution in [2.75, 3.05) is 0 Å². The predicted molar refractivity (Wildman–Crippen MR) is 98.9 cm³/mol. The molecule has 3 nitrogen and oxygen atoms in total. The fourth-order valence-electron chi connectivity index (χ4n) is 2.66. The van der Waals surface area contributed by atoms with Crippen LogP contribution in [-0.2, 0) is 13.0 Å². The molecule has 122 valence electrons. The number of hydrogen-bond donors (Lipinski definition) is 0. The number of hydrogen-bond acceptors (Lipinski definition) is 3. The van der Waals surface area contributed by atoms with Crippen molar-refractivity contribution in [2.24, 2.45) is 4.99 Å². The molecule has 0 fully saturated rings. The Labute approximate surface area is 145 Å². The Morgan fingerprint density at radius 3 is 2.29 bits per heavy atom. The van der Waals surface area contributed by atoms with Crippen LogP contribution in [0.25, 0.3) is 0 Å². The molecule has 0 aliphatic rings. The van der Waals surface area contributed by atoms with E-state index in [4.69, 9.17) is 4.99 Å². The molecule has 0 aliphatic heterocycles. The first-order valence-corrected chi connectivity index (χ1v) is 8.81. The molecule has 3 rings (SSSR count). The van der Waals surface area contributed by atoms with Crippen LogP contribution in [0.1, 0.15) is 27.9 Å². The third-order valence-corrected chi connectivity index (χ3v) is 5.21. The Bertz CT molecular complexity index is 892. The minimum atomic E-state index is 0.0977. The fourth-order valence-corrected chi connectivity index (χ4v) is 3.73. The van der Waals surface area contributed by atoms with Gasteiger partial charge in [0.25, 0.3) is 0 Å². The number of carbonyl (C=O) groups excluding carboxylic acids is 1. The Morgan fingerprint density at radius 2 is 1.67 bits per heavy atom. The number of nitrogens with zero attached hydrogens (tertiary/aromatic N) is 2. The van der Waals surface area contributed by atoms with Crippen molar-refractivity contribution in [3.8, 4) is 0 Å². The van der Waals surface area contributed by atoms with E-state index in [1.165, 1.54) is 16.9 Å². The van der Waals surface area contributed by atoms with Crippen LogP contribution in [-0.4, -0.2) is 10.4 Å². The van der Waals surface area contributed by atoms with Gasteiger partial charge in [-0.15, -0.1) is 0 Å². The van der Waals surface area contributed by atoms with Gasteiger partial charge in [0.2, 0.25) is 0 Å². The first-order valence-electron chi connectivity index (χ1n) is 8.00. The summed E-state index contributed by atoms with van der Waals surface area (Å²) in [6, 6.07) is 20.3. The first kappa shape index (κ1) is 16.4. The summed E-state index contributed by atoms with van der Waals surface area (Å²) in [5.74, 6) is 0.0977. The lowest BCUT2D eigenvalue weighted by atomic mass is 10.1. The van der Waals surface area contributed by atoms with Crippen molar-refractivity contribution in [1.82, 2.24) is 4.57 Å². The monoisotopic (exact) mass is 336 g/mol. The molecule has 0 saturated heterocycles. The van der Waals surface area contributed by atoms with Crippen LogP contribution < -0.4 is 4.80 Å². The quantitative estimate of drug-likeness (QED) is 0.630. The van der Waals surface area contributed by atoms with Crippen LogP contribution in [0.4, 0.5) is 5.69 Å². The first-order chi connectivity index (χ1) is 11.6. The topological polar surface area (TPSA) is 34.4 Å². The number of ketones is 1. The zero-order chi connectivity index (χ0) is 16.9. The van der Waals surface area contributed by atoms with Gasteiger partial charge >= 0.3 is 0 Å². The van der Waals surface area contributed by atoms with E-state index in [1.54, 1.807) is 6.92 Å². The number of Topliss-reactive ketones (excluding diaryl/α,β-unsaturated/α-hetero) is 1. The highest BCUT2D eigenvalue weighted by molar-refractivity contribution is 7.11. The lowest BCUT2D eigenvalue weighted by molar-refractivity contribution is 0.102.